The molecular weight excluding hydrogens is 338 g/mol. The number of piperidine rings is 1. The highest BCUT2D eigenvalue weighted by molar-refractivity contribution is 5.79. The quantitative estimate of drug-likeness (QED) is 0.818. The van der Waals surface area contributed by atoms with Crippen LogP contribution in [0.5, 0.6) is 0 Å². The van der Waals surface area contributed by atoms with Gasteiger partial charge in [-0.3, -0.25) is 14.5 Å². The lowest BCUT2D eigenvalue weighted by molar-refractivity contribution is -0.137. The Morgan fingerprint density at radius 2 is 1.26 bits per heavy atom. The first-order chi connectivity index (χ1) is 13.2. The Hall–Kier alpha value is -1.10. The van der Waals surface area contributed by atoms with E-state index in [0.29, 0.717) is 18.5 Å². The van der Waals surface area contributed by atoms with Crippen LogP contribution in [0.1, 0.15) is 83.5 Å². The van der Waals surface area contributed by atoms with Gasteiger partial charge in [-0.1, -0.05) is 44.9 Å². The van der Waals surface area contributed by atoms with Gasteiger partial charge in [0, 0.05) is 25.0 Å². The molecule has 5 nitrogen and oxygen atoms in total. The predicted molar refractivity (Wildman–Crippen MR) is 108 cm³/mol. The zero-order valence-electron chi connectivity index (χ0n) is 17.1. The van der Waals surface area contributed by atoms with E-state index in [1.165, 1.54) is 44.9 Å². The summed E-state index contributed by atoms with van der Waals surface area (Å²) in [4.78, 5) is 29.6. The van der Waals surface area contributed by atoms with Crippen molar-refractivity contribution in [1.82, 2.24) is 15.1 Å². The fourth-order valence-electron chi connectivity index (χ4n) is 4.96. The zero-order valence-corrected chi connectivity index (χ0v) is 17.1. The highest BCUT2D eigenvalue weighted by Gasteiger charge is 2.29. The standard InChI is InChI=1S/C22H39N3O2/c26-21(23-20-10-6-2-1-3-7-11-20)18-24-16-12-19(13-17-24)22(27)25-14-8-4-5-9-15-25/h19-20H,1-18H2,(H,23,26). The van der Waals surface area contributed by atoms with Crippen LogP contribution in [0.3, 0.4) is 0 Å². The Morgan fingerprint density at radius 3 is 1.89 bits per heavy atom. The first-order valence-electron chi connectivity index (χ1n) is 11.5. The van der Waals surface area contributed by atoms with Crippen LogP contribution >= 0.6 is 0 Å². The van der Waals surface area contributed by atoms with Crippen LogP contribution in [0.2, 0.25) is 0 Å². The third-order valence-corrected chi connectivity index (χ3v) is 6.69. The molecule has 2 saturated heterocycles. The van der Waals surface area contributed by atoms with E-state index in [2.05, 4.69) is 15.1 Å². The molecule has 0 aromatic rings. The predicted octanol–water partition coefficient (Wildman–Crippen LogP) is 3.33. The van der Waals surface area contributed by atoms with Crippen LogP contribution < -0.4 is 5.32 Å². The number of likely N-dealkylation sites (tertiary alicyclic amines) is 2. The molecule has 1 aliphatic carbocycles. The molecule has 3 fully saturated rings. The monoisotopic (exact) mass is 377 g/mol. The third kappa shape index (κ3) is 6.78. The summed E-state index contributed by atoms with van der Waals surface area (Å²) in [5, 5.41) is 3.27. The summed E-state index contributed by atoms with van der Waals surface area (Å²) in [5.74, 6) is 0.724. The molecule has 2 heterocycles. The molecule has 3 rings (SSSR count). The number of rotatable bonds is 4. The summed E-state index contributed by atoms with van der Waals surface area (Å²) in [6.07, 6.45) is 15.4. The summed E-state index contributed by atoms with van der Waals surface area (Å²) >= 11 is 0. The molecular formula is C22H39N3O2. The van der Waals surface area contributed by atoms with Crippen molar-refractivity contribution in [3.63, 3.8) is 0 Å². The van der Waals surface area contributed by atoms with Gasteiger partial charge in [0.1, 0.15) is 0 Å². The Bertz CT molecular complexity index is 458. The van der Waals surface area contributed by atoms with E-state index in [1.54, 1.807) is 0 Å². The SMILES string of the molecule is O=C(CN1CCC(C(=O)N2CCCCCC2)CC1)NC1CCCCCCC1. The Labute approximate surface area is 165 Å². The normalized spacial score (nSPS) is 24.7. The summed E-state index contributed by atoms with van der Waals surface area (Å²) in [7, 11) is 0. The molecule has 3 aliphatic rings. The number of nitrogens with one attached hydrogen (secondary N) is 1. The summed E-state index contributed by atoms with van der Waals surface area (Å²) < 4.78 is 0. The molecule has 2 aliphatic heterocycles. The molecule has 0 unspecified atom stereocenters. The van der Waals surface area contributed by atoms with E-state index in [-0.39, 0.29) is 11.8 Å². The highest BCUT2D eigenvalue weighted by Crippen LogP contribution is 2.22. The number of nitrogens with zero attached hydrogens (tertiary/aromatic N) is 2. The smallest absolute Gasteiger partial charge is 0.234 e. The van der Waals surface area contributed by atoms with Gasteiger partial charge < -0.3 is 10.2 Å². The number of carbonyl (C=O) groups excluding carboxylic acids is 2. The molecule has 1 saturated carbocycles. The lowest BCUT2D eigenvalue weighted by Gasteiger charge is -2.34. The lowest BCUT2D eigenvalue weighted by atomic mass is 9.95. The largest absolute Gasteiger partial charge is 0.352 e. The minimum Gasteiger partial charge on any atom is -0.352 e. The van der Waals surface area contributed by atoms with Crippen LogP contribution in [-0.4, -0.2) is 60.4 Å². The van der Waals surface area contributed by atoms with Gasteiger partial charge in [-0.15, -0.1) is 0 Å². The van der Waals surface area contributed by atoms with Crippen molar-refractivity contribution in [3.8, 4) is 0 Å². The molecule has 0 aromatic heterocycles. The second-order valence-electron chi connectivity index (χ2n) is 8.90. The van der Waals surface area contributed by atoms with Crippen LogP contribution in [0, 0.1) is 5.92 Å². The first-order valence-corrected chi connectivity index (χ1v) is 11.5. The Morgan fingerprint density at radius 1 is 0.704 bits per heavy atom. The lowest BCUT2D eigenvalue weighted by Crippen LogP contribution is -2.47. The highest BCUT2D eigenvalue weighted by atomic mass is 16.2. The molecule has 0 aromatic carbocycles. The van der Waals surface area contributed by atoms with Gasteiger partial charge in [-0.2, -0.15) is 0 Å². The Balaban J connectivity index is 1.37. The van der Waals surface area contributed by atoms with E-state index >= 15 is 0 Å². The number of amides is 2. The van der Waals surface area contributed by atoms with E-state index in [4.69, 9.17) is 0 Å². The molecule has 0 spiro atoms. The number of carbonyl (C=O) groups is 2. The van der Waals surface area contributed by atoms with Crippen molar-refractivity contribution in [1.29, 1.82) is 0 Å². The molecule has 154 valence electrons. The van der Waals surface area contributed by atoms with Crippen molar-refractivity contribution in [2.75, 3.05) is 32.7 Å². The van der Waals surface area contributed by atoms with Gasteiger partial charge in [-0.05, 0) is 51.6 Å². The van der Waals surface area contributed by atoms with Crippen LogP contribution in [-0.2, 0) is 9.59 Å². The van der Waals surface area contributed by atoms with Crippen molar-refractivity contribution < 1.29 is 9.59 Å². The van der Waals surface area contributed by atoms with E-state index in [9.17, 15) is 9.59 Å². The van der Waals surface area contributed by atoms with Crippen molar-refractivity contribution in [3.05, 3.63) is 0 Å². The maximum atomic E-state index is 12.8. The minimum atomic E-state index is 0.174. The van der Waals surface area contributed by atoms with Gasteiger partial charge in [0.2, 0.25) is 11.8 Å². The van der Waals surface area contributed by atoms with Gasteiger partial charge in [0.25, 0.3) is 0 Å². The summed E-state index contributed by atoms with van der Waals surface area (Å²) in [6.45, 7) is 4.15. The van der Waals surface area contributed by atoms with E-state index in [0.717, 1.165) is 64.7 Å². The second kappa shape index (κ2) is 11.0. The number of hydrogen-bond donors (Lipinski definition) is 1. The molecule has 2 amide bonds. The van der Waals surface area contributed by atoms with Crippen LogP contribution in [0.25, 0.3) is 0 Å². The van der Waals surface area contributed by atoms with Crippen LogP contribution in [0.4, 0.5) is 0 Å². The van der Waals surface area contributed by atoms with Crippen LogP contribution in [0.15, 0.2) is 0 Å². The zero-order chi connectivity index (χ0) is 18.9. The summed E-state index contributed by atoms with van der Waals surface area (Å²) in [5.41, 5.74) is 0. The molecule has 0 radical (unpaired) electrons. The van der Waals surface area contributed by atoms with Crippen molar-refractivity contribution in [2.45, 2.75) is 89.5 Å². The summed E-state index contributed by atoms with van der Waals surface area (Å²) in [6, 6.07) is 0.375. The number of hydrogen-bond acceptors (Lipinski definition) is 3. The average molecular weight is 378 g/mol. The minimum absolute atomic E-state index is 0.174. The Kier molecular flexibility index (Phi) is 8.43. The van der Waals surface area contributed by atoms with Crippen molar-refractivity contribution in [2.24, 2.45) is 5.92 Å². The fourth-order valence-corrected chi connectivity index (χ4v) is 4.96. The van der Waals surface area contributed by atoms with E-state index < -0.39 is 0 Å². The van der Waals surface area contributed by atoms with Crippen molar-refractivity contribution >= 4 is 11.8 Å². The topological polar surface area (TPSA) is 52.7 Å². The van der Waals surface area contributed by atoms with Gasteiger partial charge in [0.15, 0.2) is 0 Å². The molecule has 1 N–H and O–H groups in total. The van der Waals surface area contributed by atoms with Gasteiger partial charge >= 0.3 is 0 Å². The molecule has 5 heteroatoms. The maximum Gasteiger partial charge on any atom is 0.234 e. The van der Waals surface area contributed by atoms with Gasteiger partial charge in [0.05, 0.1) is 6.54 Å². The van der Waals surface area contributed by atoms with Gasteiger partial charge in [-0.25, -0.2) is 0 Å². The fraction of sp³-hybridized carbons (Fsp3) is 0.909. The maximum absolute atomic E-state index is 12.8. The molecule has 27 heavy (non-hydrogen) atoms. The van der Waals surface area contributed by atoms with E-state index in [1.807, 2.05) is 0 Å². The average Bonchev–Trinajstić information content (AvgIpc) is 2.93. The first kappa shape index (κ1) is 20.6. The second-order valence-corrected chi connectivity index (χ2v) is 8.90. The third-order valence-electron chi connectivity index (χ3n) is 6.69. The molecule has 0 bridgehead atoms. The molecule has 0 atom stereocenters.